The van der Waals surface area contributed by atoms with Crippen LogP contribution in [0.25, 0.3) is 0 Å². The third kappa shape index (κ3) is 39.0. The van der Waals surface area contributed by atoms with E-state index in [1.807, 2.05) is 89.1 Å². The SMILES string of the molecule is CC(C)(C)OC(=O)NCCBr.CC(C)(C)OC(=O)NCCN1CCN(CC(=O)N2CCCCC2)Cc2cccc(n2)CN(CC(=O)N2CCCCC2)CC1.NCCN1CCN(CC(=O)N2CCCCC2)Cc2cccc(n2)CN(CC(=O)N2CCCCC2)CC1.O=C(CN1CCCCCN(CC(=O)N2CCCCC2)Cc2cccc(n2)C1)N1CCCCC1. The number of hydrogen-bond acceptors (Lipinski definition) is 22. The second kappa shape index (κ2) is 54.2. The predicted molar refractivity (Wildman–Crippen MR) is 485 cm³/mol. The Hall–Kier alpha value is -7.07. The molecular formula is C92H153BrN20O10. The van der Waals surface area contributed by atoms with Gasteiger partial charge in [0.1, 0.15) is 11.2 Å². The van der Waals surface area contributed by atoms with Crippen LogP contribution in [0.15, 0.2) is 54.6 Å². The molecule has 0 spiro atoms. The van der Waals surface area contributed by atoms with Crippen LogP contribution in [0.2, 0.25) is 0 Å². The van der Waals surface area contributed by atoms with Gasteiger partial charge in [-0.2, -0.15) is 0 Å². The predicted octanol–water partition coefficient (Wildman–Crippen LogP) is 8.34. The Labute approximate surface area is 744 Å². The molecule has 0 unspecified atom stereocenters. The number of alkyl carbamates (subject to hydrolysis) is 2. The van der Waals surface area contributed by atoms with Gasteiger partial charge in [0.25, 0.3) is 0 Å². The average molecular weight is 1780 g/mol. The average Bonchev–Trinajstić information content (AvgIpc) is 0.854. The van der Waals surface area contributed by atoms with E-state index in [-0.39, 0.29) is 41.5 Å². The summed E-state index contributed by atoms with van der Waals surface area (Å²) >= 11 is 3.19. The van der Waals surface area contributed by atoms with Crippen molar-refractivity contribution in [1.82, 2.24) is 94.2 Å². The van der Waals surface area contributed by atoms with Crippen LogP contribution in [0.4, 0.5) is 9.59 Å². The number of carbonyl (C=O) groups excluding carboxylic acids is 8. The number of ether oxygens (including phenoxy) is 2. The fourth-order valence-electron chi connectivity index (χ4n) is 17.3. The van der Waals surface area contributed by atoms with E-state index in [0.29, 0.717) is 118 Å². The second-order valence-corrected chi connectivity index (χ2v) is 37.6. The molecule has 6 fully saturated rings. The summed E-state index contributed by atoms with van der Waals surface area (Å²) in [6.45, 7) is 39.1. The van der Waals surface area contributed by atoms with Gasteiger partial charge >= 0.3 is 12.2 Å². The lowest BCUT2D eigenvalue weighted by Gasteiger charge is -2.33. The monoisotopic (exact) mass is 1780 g/mol. The van der Waals surface area contributed by atoms with E-state index < -0.39 is 17.3 Å². The highest BCUT2D eigenvalue weighted by molar-refractivity contribution is 9.09. The minimum Gasteiger partial charge on any atom is -0.444 e. The lowest BCUT2D eigenvalue weighted by Crippen LogP contribution is -2.48. The molecule has 0 saturated carbocycles. The van der Waals surface area contributed by atoms with E-state index in [2.05, 4.69) is 102 Å². The molecule has 4 N–H and O–H groups in total. The molecule has 8 amide bonds. The number of alkyl halides is 1. The summed E-state index contributed by atoms with van der Waals surface area (Å²) in [6.07, 6.45) is 23.0. The Bertz CT molecular complexity index is 3470. The molecule has 3 aromatic rings. The first-order valence-corrected chi connectivity index (χ1v) is 48.0. The number of rotatable bonds is 19. The quantitative estimate of drug-likeness (QED) is 0.0950. The number of halogens is 1. The highest BCUT2D eigenvalue weighted by Crippen LogP contribution is 2.21. The number of hydrogen-bond donors (Lipinski definition) is 3. The lowest BCUT2D eigenvalue weighted by atomic mass is 10.1. The van der Waals surface area contributed by atoms with Crippen molar-refractivity contribution in [2.75, 3.05) is 221 Å². The van der Waals surface area contributed by atoms with Gasteiger partial charge in [0, 0.05) is 208 Å². The molecule has 123 heavy (non-hydrogen) atoms. The zero-order valence-corrected chi connectivity index (χ0v) is 77.6. The van der Waals surface area contributed by atoms with Gasteiger partial charge in [-0.15, -0.1) is 0 Å². The van der Waals surface area contributed by atoms with Gasteiger partial charge in [-0.3, -0.25) is 82.9 Å². The van der Waals surface area contributed by atoms with Crippen molar-refractivity contribution >= 4 is 63.6 Å². The molecule has 6 saturated heterocycles. The fourth-order valence-corrected chi connectivity index (χ4v) is 17.5. The van der Waals surface area contributed by atoms with E-state index in [1.165, 1.54) is 38.5 Å². The standard InChI is InChI=1S/C32H53N7O4.C27H45N7O2.C26H41N5O2.C7H14BrNO2/c1-32(2,3)43-31(42)33-13-18-35-19-21-36(25-29(40)38-14-6-4-7-15-38)23-27-11-10-12-28(34-27)24-37(22-20-35)26-30(41)39-16-8-5-9-17-39;28-10-15-30-16-18-31(22-26(35)33-11-3-1-4-12-33)20-24-8-7-9-25(29-24)21-32(19-17-30)23-27(36)34-13-5-2-6-14-34;32-25(30-15-6-2-7-16-30)21-28-13-4-1-5-14-29(20-24-12-10-11-23(19-28)27-24)22-26(33)31-17-8-3-9-18-31;1-7(2,3)11-6(10)9-5-4-8/h10-12H,4-9,13-26H2,1-3H3,(H,33,42);7-9H,1-6,10-23,28H2;10-12H,1-9,13-22H2;4-5H2,1-3H3,(H,9,10). The van der Waals surface area contributed by atoms with Crippen LogP contribution in [-0.2, 0) is 77.5 Å². The maximum absolute atomic E-state index is 13.2. The molecule has 6 bridgehead atoms. The summed E-state index contributed by atoms with van der Waals surface area (Å²) in [6, 6.07) is 18.4. The maximum atomic E-state index is 13.2. The van der Waals surface area contributed by atoms with E-state index in [0.717, 1.165) is 273 Å². The van der Waals surface area contributed by atoms with Crippen molar-refractivity contribution < 1.29 is 47.8 Å². The summed E-state index contributed by atoms with van der Waals surface area (Å²) in [5.41, 5.74) is 10.8. The first kappa shape index (κ1) is 99.7. The maximum Gasteiger partial charge on any atom is 0.407 e. The zero-order chi connectivity index (χ0) is 87.6. The number of fused-ring (bicyclic) bond motifs is 6. The minimum absolute atomic E-state index is 0.184. The van der Waals surface area contributed by atoms with Crippen LogP contribution < -0.4 is 16.4 Å². The molecule has 31 heteroatoms. The Morgan fingerprint density at radius 3 is 0.724 bits per heavy atom. The molecule has 0 aromatic carbocycles. The number of pyridine rings is 3. The molecule has 0 atom stereocenters. The van der Waals surface area contributed by atoms with E-state index >= 15 is 0 Å². The number of likely N-dealkylation sites (tertiary alicyclic amines) is 6. The summed E-state index contributed by atoms with van der Waals surface area (Å²) < 4.78 is 10.4. The molecule has 9 aliphatic rings. The molecule has 12 heterocycles. The molecular weight excluding hydrogens is 1630 g/mol. The van der Waals surface area contributed by atoms with Crippen LogP contribution in [0.3, 0.4) is 0 Å². The molecule has 9 aliphatic heterocycles. The van der Waals surface area contributed by atoms with Crippen molar-refractivity contribution in [2.45, 2.75) is 227 Å². The molecule has 688 valence electrons. The molecule has 30 nitrogen and oxygen atoms in total. The number of nitrogens with one attached hydrogen (secondary N) is 2. The summed E-state index contributed by atoms with van der Waals surface area (Å²) in [4.78, 5) is 147. The van der Waals surface area contributed by atoms with Crippen molar-refractivity contribution in [3.05, 3.63) is 88.8 Å². The summed E-state index contributed by atoms with van der Waals surface area (Å²) in [7, 11) is 0. The van der Waals surface area contributed by atoms with Crippen LogP contribution >= 0.6 is 15.9 Å². The van der Waals surface area contributed by atoms with E-state index in [1.54, 1.807) is 0 Å². The first-order chi connectivity index (χ1) is 59.4. The van der Waals surface area contributed by atoms with Gasteiger partial charge in [-0.05, 0) is 219 Å². The highest BCUT2D eigenvalue weighted by atomic mass is 79.9. The van der Waals surface area contributed by atoms with Crippen LogP contribution in [0, 0.1) is 0 Å². The van der Waals surface area contributed by atoms with Crippen LogP contribution in [0.1, 0.15) is 211 Å². The summed E-state index contributed by atoms with van der Waals surface area (Å²) in [5, 5.41) is 6.21. The molecule has 0 aliphatic carbocycles. The van der Waals surface area contributed by atoms with Crippen molar-refractivity contribution in [2.24, 2.45) is 5.73 Å². The van der Waals surface area contributed by atoms with Crippen LogP contribution in [0.5, 0.6) is 0 Å². The van der Waals surface area contributed by atoms with Gasteiger partial charge in [-0.1, -0.05) is 40.5 Å². The number of aromatic nitrogens is 3. The Balaban J connectivity index is 0.000000198. The second-order valence-electron chi connectivity index (χ2n) is 36.9. The molecule has 0 radical (unpaired) electrons. The van der Waals surface area contributed by atoms with E-state index in [4.69, 9.17) is 30.2 Å². The van der Waals surface area contributed by atoms with Crippen molar-refractivity contribution in [1.29, 1.82) is 0 Å². The van der Waals surface area contributed by atoms with Crippen LogP contribution in [-0.4, -0.2) is 364 Å². The van der Waals surface area contributed by atoms with Gasteiger partial charge in [-0.25, -0.2) is 9.59 Å². The number of nitrogens with two attached hydrogens (primary N) is 1. The number of carbonyl (C=O) groups is 8. The lowest BCUT2D eigenvalue weighted by molar-refractivity contribution is -0.134. The van der Waals surface area contributed by atoms with Gasteiger partial charge in [0.2, 0.25) is 35.4 Å². The fraction of sp³-hybridized carbons (Fsp3) is 0.750. The molecule has 12 rings (SSSR count). The first-order valence-electron chi connectivity index (χ1n) is 46.9. The Morgan fingerprint density at radius 1 is 0.301 bits per heavy atom. The van der Waals surface area contributed by atoms with Crippen molar-refractivity contribution in [3.63, 3.8) is 0 Å². The van der Waals surface area contributed by atoms with Crippen molar-refractivity contribution in [3.8, 4) is 0 Å². The van der Waals surface area contributed by atoms with Gasteiger partial charge < -0.3 is 55.2 Å². The third-order valence-electron chi connectivity index (χ3n) is 24.0. The summed E-state index contributed by atoms with van der Waals surface area (Å²) in [5.74, 6) is 1.35. The molecule has 3 aromatic heterocycles. The smallest absolute Gasteiger partial charge is 0.407 e. The minimum atomic E-state index is -0.551. The number of piperidine rings is 6. The Morgan fingerprint density at radius 2 is 0.504 bits per heavy atom. The Kier molecular flexibility index (Phi) is 43.9. The normalized spacial score (nSPS) is 20.2. The number of nitrogens with zero attached hydrogens (tertiary/aromatic N) is 17. The van der Waals surface area contributed by atoms with E-state index in [9.17, 15) is 38.4 Å². The number of amides is 8. The largest absolute Gasteiger partial charge is 0.444 e. The highest BCUT2D eigenvalue weighted by Gasteiger charge is 2.30. The zero-order valence-electron chi connectivity index (χ0n) is 76.0. The van der Waals surface area contributed by atoms with Gasteiger partial charge in [0.15, 0.2) is 0 Å². The third-order valence-corrected chi connectivity index (χ3v) is 24.4. The van der Waals surface area contributed by atoms with Gasteiger partial charge in [0.05, 0.1) is 73.4 Å². The topological polar surface area (TPSA) is 289 Å².